The van der Waals surface area contributed by atoms with Crippen LogP contribution >= 0.6 is 0 Å². The zero-order valence-electron chi connectivity index (χ0n) is 10.9. The monoisotopic (exact) mass is 299 g/mol. The molecule has 0 bridgehead atoms. The number of aliphatic hydroxyl groups excluding tert-OH is 5. The van der Waals surface area contributed by atoms with Gasteiger partial charge in [0.1, 0.15) is 18.3 Å². The van der Waals surface area contributed by atoms with E-state index in [1.807, 2.05) is 5.43 Å². The summed E-state index contributed by atoms with van der Waals surface area (Å²) in [6, 6.07) is 3.34. The standard InChI is InChI=1S/C12H17N3O6/c16-6-8(17)9(18)10(19)11(20)12(21)15-14-5-7-2-1-3-13-4-7/h1-5,8-11,16-20H,6H2,(H,15,21)/b14-5+/t8-,9-,10-,11+/m1/s1. The lowest BCUT2D eigenvalue weighted by Gasteiger charge is -2.24. The molecule has 0 aliphatic heterocycles. The molecule has 6 N–H and O–H groups in total. The highest BCUT2D eigenvalue weighted by Gasteiger charge is 2.34. The molecule has 1 aromatic rings. The summed E-state index contributed by atoms with van der Waals surface area (Å²) in [5.74, 6) is -1.08. The van der Waals surface area contributed by atoms with Crippen LogP contribution < -0.4 is 5.43 Å². The molecule has 0 radical (unpaired) electrons. The second kappa shape index (κ2) is 8.39. The number of amides is 1. The zero-order chi connectivity index (χ0) is 15.8. The largest absolute Gasteiger partial charge is 0.394 e. The molecule has 0 aliphatic carbocycles. The Kier molecular flexibility index (Phi) is 6.85. The normalized spacial score (nSPS) is 17.2. The average molecular weight is 299 g/mol. The Morgan fingerprint density at radius 3 is 2.62 bits per heavy atom. The van der Waals surface area contributed by atoms with Crippen LogP contribution in [0.15, 0.2) is 29.6 Å². The Bertz CT molecular complexity index is 469. The Morgan fingerprint density at radius 1 is 1.33 bits per heavy atom. The molecule has 9 nitrogen and oxygen atoms in total. The molecule has 0 unspecified atom stereocenters. The first kappa shape index (κ1) is 17.1. The van der Waals surface area contributed by atoms with E-state index in [9.17, 15) is 20.1 Å². The fraction of sp³-hybridized carbons (Fsp3) is 0.417. The quantitative estimate of drug-likeness (QED) is 0.231. The molecule has 116 valence electrons. The van der Waals surface area contributed by atoms with Crippen LogP contribution in [0.1, 0.15) is 5.56 Å². The molecule has 0 fully saturated rings. The van der Waals surface area contributed by atoms with Crippen LogP contribution in [-0.4, -0.2) is 73.7 Å². The van der Waals surface area contributed by atoms with E-state index >= 15 is 0 Å². The third-order valence-electron chi connectivity index (χ3n) is 2.60. The molecule has 0 aromatic carbocycles. The number of hydrogen-bond donors (Lipinski definition) is 6. The molecular weight excluding hydrogens is 282 g/mol. The maximum Gasteiger partial charge on any atom is 0.271 e. The van der Waals surface area contributed by atoms with Crippen molar-refractivity contribution in [1.29, 1.82) is 0 Å². The molecule has 1 rings (SSSR count). The van der Waals surface area contributed by atoms with Crippen molar-refractivity contribution in [3.63, 3.8) is 0 Å². The first-order valence-corrected chi connectivity index (χ1v) is 6.03. The van der Waals surface area contributed by atoms with Crippen LogP contribution in [0, 0.1) is 0 Å². The lowest BCUT2D eigenvalue weighted by molar-refractivity contribution is -0.148. The Morgan fingerprint density at radius 2 is 2.05 bits per heavy atom. The van der Waals surface area contributed by atoms with Gasteiger partial charge in [-0.15, -0.1) is 0 Å². The number of aromatic nitrogens is 1. The third kappa shape index (κ3) is 5.17. The van der Waals surface area contributed by atoms with Gasteiger partial charge in [0, 0.05) is 18.0 Å². The van der Waals surface area contributed by atoms with E-state index in [0.29, 0.717) is 5.56 Å². The molecule has 0 spiro atoms. The van der Waals surface area contributed by atoms with Crippen molar-refractivity contribution in [3.05, 3.63) is 30.1 Å². The predicted octanol–water partition coefficient (Wildman–Crippen LogP) is -3.03. The summed E-state index contributed by atoms with van der Waals surface area (Å²) >= 11 is 0. The highest BCUT2D eigenvalue weighted by atomic mass is 16.4. The van der Waals surface area contributed by atoms with Crippen molar-refractivity contribution >= 4 is 12.1 Å². The number of pyridine rings is 1. The highest BCUT2D eigenvalue weighted by molar-refractivity contribution is 5.84. The van der Waals surface area contributed by atoms with Crippen molar-refractivity contribution in [1.82, 2.24) is 10.4 Å². The van der Waals surface area contributed by atoms with Crippen molar-refractivity contribution < 1.29 is 30.3 Å². The van der Waals surface area contributed by atoms with Gasteiger partial charge in [-0.3, -0.25) is 9.78 Å². The van der Waals surface area contributed by atoms with E-state index in [-0.39, 0.29) is 0 Å². The Labute approximate surface area is 120 Å². The van der Waals surface area contributed by atoms with Crippen LogP contribution in [0.5, 0.6) is 0 Å². The van der Waals surface area contributed by atoms with Gasteiger partial charge in [0.15, 0.2) is 6.10 Å². The summed E-state index contributed by atoms with van der Waals surface area (Å²) in [5, 5.41) is 49.6. The van der Waals surface area contributed by atoms with Gasteiger partial charge >= 0.3 is 0 Å². The fourth-order valence-electron chi connectivity index (χ4n) is 1.37. The minimum atomic E-state index is -2.02. The van der Waals surface area contributed by atoms with Gasteiger partial charge in [0.05, 0.1) is 12.8 Å². The number of carbonyl (C=O) groups is 1. The van der Waals surface area contributed by atoms with Gasteiger partial charge in [0.2, 0.25) is 0 Å². The number of rotatable bonds is 7. The van der Waals surface area contributed by atoms with Crippen molar-refractivity contribution in [2.75, 3.05) is 6.61 Å². The second-order valence-electron chi connectivity index (χ2n) is 4.20. The van der Waals surface area contributed by atoms with Crippen LogP contribution in [0.3, 0.4) is 0 Å². The summed E-state index contributed by atoms with van der Waals surface area (Å²) in [5.41, 5.74) is 2.56. The number of aliphatic hydroxyl groups is 5. The molecule has 0 saturated heterocycles. The molecule has 0 aliphatic rings. The van der Waals surface area contributed by atoms with E-state index < -0.39 is 36.9 Å². The minimum Gasteiger partial charge on any atom is -0.394 e. The number of hydrogen-bond acceptors (Lipinski definition) is 8. The van der Waals surface area contributed by atoms with E-state index in [1.54, 1.807) is 18.3 Å². The average Bonchev–Trinajstić information content (AvgIpc) is 2.52. The first-order chi connectivity index (χ1) is 9.97. The lowest BCUT2D eigenvalue weighted by Crippen LogP contribution is -2.50. The van der Waals surface area contributed by atoms with Crippen molar-refractivity contribution in [2.24, 2.45) is 5.10 Å². The fourth-order valence-corrected chi connectivity index (χ4v) is 1.37. The van der Waals surface area contributed by atoms with Gasteiger partial charge in [0.25, 0.3) is 5.91 Å². The Hall–Kier alpha value is -1.91. The van der Waals surface area contributed by atoms with E-state index in [2.05, 4.69) is 10.1 Å². The van der Waals surface area contributed by atoms with Gasteiger partial charge in [-0.25, -0.2) is 5.43 Å². The number of hydrazone groups is 1. The molecule has 1 aromatic heterocycles. The van der Waals surface area contributed by atoms with Crippen molar-refractivity contribution in [2.45, 2.75) is 24.4 Å². The first-order valence-electron chi connectivity index (χ1n) is 6.03. The molecule has 0 saturated carbocycles. The molecular formula is C12H17N3O6. The summed E-state index contributed by atoms with van der Waals surface area (Å²) in [6.07, 6.45) is -3.23. The van der Waals surface area contributed by atoms with Gasteiger partial charge in [-0.1, -0.05) is 6.07 Å². The van der Waals surface area contributed by atoms with Gasteiger partial charge < -0.3 is 25.5 Å². The van der Waals surface area contributed by atoms with Crippen LogP contribution in [0.4, 0.5) is 0 Å². The summed E-state index contributed by atoms with van der Waals surface area (Å²) in [7, 11) is 0. The van der Waals surface area contributed by atoms with Gasteiger partial charge in [-0.2, -0.15) is 5.10 Å². The molecule has 21 heavy (non-hydrogen) atoms. The molecule has 1 amide bonds. The van der Waals surface area contributed by atoms with E-state index in [0.717, 1.165) is 0 Å². The number of nitrogens with one attached hydrogen (secondary N) is 1. The second-order valence-corrected chi connectivity index (χ2v) is 4.20. The van der Waals surface area contributed by atoms with Crippen molar-refractivity contribution in [3.8, 4) is 0 Å². The molecule has 9 heteroatoms. The summed E-state index contributed by atoms with van der Waals surface area (Å²) in [4.78, 5) is 15.3. The van der Waals surface area contributed by atoms with Crippen LogP contribution in [0.2, 0.25) is 0 Å². The maximum atomic E-state index is 11.5. The summed E-state index contributed by atoms with van der Waals surface area (Å²) < 4.78 is 0. The van der Waals surface area contributed by atoms with Crippen LogP contribution in [-0.2, 0) is 4.79 Å². The SMILES string of the molecule is O=C(N/N=C/c1cccnc1)[C@@H](O)[C@H](O)[C@H](O)[C@H](O)CO. The smallest absolute Gasteiger partial charge is 0.271 e. The molecule has 1 heterocycles. The topological polar surface area (TPSA) is 156 Å². The minimum absolute atomic E-state index is 0.601. The van der Waals surface area contributed by atoms with Gasteiger partial charge in [-0.05, 0) is 6.07 Å². The molecule has 4 atom stereocenters. The third-order valence-corrected chi connectivity index (χ3v) is 2.60. The highest BCUT2D eigenvalue weighted by Crippen LogP contribution is 2.05. The Balaban J connectivity index is 2.53. The number of nitrogens with zero attached hydrogens (tertiary/aromatic N) is 2. The number of carbonyl (C=O) groups excluding carboxylic acids is 1. The lowest BCUT2D eigenvalue weighted by atomic mass is 10.0. The summed E-state index contributed by atoms with van der Waals surface area (Å²) in [6.45, 7) is -0.828. The van der Waals surface area contributed by atoms with E-state index in [1.165, 1.54) is 12.4 Å². The van der Waals surface area contributed by atoms with E-state index in [4.69, 9.17) is 10.2 Å². The predicted molar refractivity (Wildman–Crippen MR) is 71.1 cm³/mol. The van der Waals surface area contributed by atoms with Crippen LogP contribution in [0.25, 0.3) is 0 Å². The zero-order valence-corrected chi connectivity index (χ0v) is 10.9. The maximum absolute atomic E-state index is 11.5.